The van der Waals surface area contributed by atoms with Crippen LogP contribution in [-0.2, 0) is 11.3 Å². The molecular formula is C26H28FN3O2S. The molecule has 1 saturated heterocycles. The van der Waals surface area contributed by atoms with E-state index in [4.69, 9.17) is 4.98 Å². The highest BCUT2D eigenvalue weighted by molar-refractivity contribution is 7.16. The molecule has 0 saturated carbocycles. The zero-order chi connectivity index (χ0) is 23.4. The Bertz CT molecular complexity index is 1120. The van der Waals surface area contributed by atoms with E-state index >= 15 is 0 Å². The van der Waals surface area contributed by atoms with Crippen LogP contribution >= 0.6 is 11.3 Å². The first-order chi connectivity index (χ1) is 15.8. The highest BCUT2D eigenvalue weighted by Crippen LogP contribution is 2.34. The van der Waals surface area contributed by atoms with Gasteiger partial charge in [-0.15, -0.1) is 0 Å². The molecule has 0 bridgehead atoms. The second-order valence-corrected chi connectivity index (χ2v) is 10.2. The van der Waals surface area contributed by atoms with Gasteiger partial charge in [0, 0.05) is 29.0 Å². The van der Waals surface area contributed by atoms with E-state index in [0.717, 1.165) is 35.8 Å². The van der Waals surface area contributed by atoms with Crippen molar-refractivity contribution in [2.24, 2.45) is 5.41 Å². The van der Waals surface area contributed by atoms with Crippen molar-refractivity contribution in [2.45, 2.75) is 39.7 Å². The van der Waals surface area contributed by atoms with E-state index in [9.17, 15) is 14.0 Å². The van der Waals surface area contributed by atoms with Crippen LogP contribution < -0.4 is 5.32 Å². The average molecular weight is 466 g/mol. The van der Waals surface area contributed by atoms with Crippen LogP contribution in [0.15, 0.2) is 54.6 Å². The molecule has 1 amide bonds. The van der Waals surface area contributed by atoms with Gasteiger partial charge in [-0.25, -0.2) is 9.37 Å². The summed E-state index contributed by atoms with van der Waals surface area (Å²) in [7, 11) is 0. The Morgan fingerprint density at radius 2 is 1.73 bits per heavy atom. The average Bonchev–Trinajstić information content (AvgIpc) is 3.45. The number of nitrogens with zero attached hydrogens (tertiary/aromatic N) is 2. The Morgan fingerprint density at radius 1 is 1.06 bits per heavy atom. The molecule has 0 radical (unpaired) electrons. The number of aromatic nitrogens is 1. The molecule has 4 rings (SSSR count). The second kappa shape index (κ2) is 9.93. The van der Waals surface area contributed by atoms with Crippen molar-refractivity contribution in [1.82, 2.24) is 9.88 Å². The molecule has 2 heterocycles. The summed E-state index contributed by atoms with van der Waals surface area (Å²) < 4.78 is 13.2. The fourth-order valence-electron chi connectivity index (χ4n) is 3.96. The van der Waals surface area contributed by atoms with Crippen LogP contribution in [-0.4, -0.2) is 34.7 Å². The Balaban J connectivity index is 1.51. The SMILES string of the molecule is CC(C)(CC(=O)c1ccc(F)cc1)C(=O)Nc1nc(-c2ccccc2)c(CN2CCCC2)s1. The summed E-state index contributed by atoms with van der Waals surface area (Å²) in [6, 6.07) is 15.4. The number of thiazole rings is 1. The first-order valence-corrected chi connectivity index (χ1v) is 12.0. The summed E-state index contributed by atoms with van der Waals surface area (Å²) in [4.78, 5) is 34.0. The number of hydrogen-bond donors (Lipinski definition) is 1. The maximum Gasteiger partial charge on any atom is 0.232 e. The Labute approximate surface area is 197 Å². The Hall–Kier alpha value is -2.90. The van der Waals surface area contributed by atoms with E-state index < -0.39 is 11.2 Å². The predicted octanol–water partition coefficient (Wildman–Crippen LogP) is 5.78. The monoisotopic (exact) mass is 465 g/mol. The number of hydrogen-bond acceptors (Lipinski definition) is 5. The molecule has 0 unspecified atom stereocenters. The standard InChI is InChI=1S/C26H28FN3O2S/c1-26(2,16-21(31)18-10-12-20(27)13-11-18)24(32)29-25-28-23(19-8-4-3-5-9-19)22(33-25)17-30-14-6-7-15-30/h3-5,8-13H,6-7,14-17H2,1-2H3,(H,28,29,32). The van der Waals surface area contributed by atoms with E-state index in [-0.39, 0.29) is 18.1 Å². The van der Waals surface area contributed by atoms with Crippen LogP contribution in [0.25, 0.3) is 11.3 Å². The number of carbonyl (C=O) groups excluding carboxylic acids is 2. The van der Waals surface area contributed by atoms with Gasteiger partial charge >= 0.3 is 0 Å². The Morgan fingerprint density at radius 3 is 2.39 bits per heavy atom. The molecule has 7 heteroatoms. The second-order valence-electron chi connectivity index (χ2n) is 9.08. The smallest absolute Gasteiger partial charge is 0.232 e. The van der Waals surface area contributed by atoms with Crippen molar-refractivity contribution in [2.75, 3.05) is 18.4 Å². The van der Waals surface area contributed by atoms with E-state index in [1.54, 1.807) is 13.8 Å². The summed E-state index contributed by atoms with van der Waals surface area (Å²) in [6.07, 6.45) is 2.43. The molecule has 2 aromatic carbocycles. The number of Topliss-reactive ketones (excluding diaryl/α,β-unsaturated/α-hetero) is 1. The van der Waals surface area contributed by atoms with Gasteiger partial charge in [0.05, 0.1) is 11.1 Å². The maximum atomic E-state index is 13.2. The number of anilines is 1. The van der Waals surface area contributed by atoms with E-state index in [2.05, 4.69) is 10.2 Å². The number of nitrogens with one attached hydrogen (secondary N) is 1. The minimum absolute atomic E-state index is 0.0159. The van der Waals surface area contributed by atoms with Crippen LogP contribution in [0.2, 0.25) is 0 Å². The molecule has 172 valence electrons. The molecule has 1 aliphatic heterocycles. The summed E-state index contributed by atoms with van der Waals surface area (Å²) in [5.41, 5.74) is 1.36. The number of amides is 1. The molecule has 3 aromatic rings. The molecule has 1 fully saturated rings. The topological polar surface area (TPSA) is 62.3 Å². The molecule has 5 nitrogen and oxygen atoms in total. The summed E-state index contributed by atoms with van der Waals surface area (Å²) in [5.74, 6) is -0.862. The van der Waals surface area contributed by atoms with E-state index in [1.165, 1.54) is 48.4 Å². The lowest BCUT2D eigenvalue weighted by Gasteiger charge is -2.22. The van der Waals surface area contributed by atoms with Crippen molar-refractivity contribution in [3.8, 4) is 11.3 Å². The lowest BCUT2D eigenvalue weighted by Crippen LogP contribution is -2.33. The van der Waals surface area contributed by atoms with Crippen molar-refractivity contribution in [3.05, 3.63) is 70.9 Å². The Kier molecular flexibility index (Phi) is 7.00. The molecule has 1 N–H and O–H groups in total. The van der Waals surface area contributed by atoms with Crippen molar-refractivity contribution in [1.29, 1.82) is 0 Å². The molecule has 1 aliphatic rings. The first-order valence-electron chi connectivity index (χ1n) is 11.2. The maximum absolute atomic E-state index is 13.2. The van der Waals surface area contributed by atoms with Crippen molar-refractivity contribution >= 4 is 28.2 Å². The van der Waals surface area contributed by atoms with Gasteiger partial charge in [-0.1, -0.05) is 55.5 Å². The lowest BCUT2D eigenvalue weighted by molar-refractivity contribution is -0.123. The van der Waals surface area contributed by atoms with Crippen molar-refractivity contribution < 1.29 is 14.0 Å². The summed E-state index contributed by atoms with van der Waals surface area (Å²) >= 11 is 1.49. The normalized spacial score (nSPS) is 14.4. The van der Waals surface area contributed by atoms with Crippen LogP contribution in [0.4, 0.5) is 9.52 Å². The third-order valence-electron chi connectivity index (χ3n) is 5.91. The number of carbonyl (C=O) groups is 2. The third kappa shape index (κ3) is 5.72. The van der Waals surface area contributed by atoms with Gasteiger partial charge in [-0.2, -0.15) is 0 Å². The number of benzene rings is 2. The number of rotatable bonds is 8. The van der Waals surface area contributed by atoms with E-state index in [0.29, 0.717) is 10.7 Å². The van der Waals surface area contributed by atoms with Gasteiger partial charge in [-0.05, 0) is 50.2 Å². The summed E-state index contributed by atoms with van der Waals surface area (Å²) in [6.45, 7) is 6.43. The highest BCUT2D eigenvalue weighted by Gasteiger charge is 2.32. The highest BCUT2D eigenvalue weighted by atomic mass is 32.1. The molecular weight excluding hydrogens is 437 g/mol. The zero-order valence-corrected chi connectivity index (χ0v) is 19.8. The van der Waals surface area contributed by atoms with E-state index in [1.807, 2.05) is 30.3 Å². The quantitative estimate of drug-likeness (QED) is 0.428. The number of likely N-dealkylation sites (tertiary alicyclic amines) is 1. The van der Waals surface area contributed by atoms with Gasteiger partial charge in [0.15, 0.2) is 10.9 Å². The minimum Gasteiger partial charge on any atom is -0.301 e. The third-order valence-corrected chi connectivity index (χ3v) is 6.87. The largest absolute Gasteiger partial charge is 0.301 e. The summed E-state index contributed by atoms with van der Waals surface area (Å²) in [5, 5.41) is 3.48. The molecule has 0 atom stereocenters. The number of ketones is 1. The molecule has 0 spiro atoms. The minimum atomic E-state index is -0.945. The van der Waals surface area contributed by atoms with Crippen LogP contribution in [0.3, 0.4) is 0 Å². The molecule has 33 heavy (non-hydrogen) atoms. The first kappa shape index (κ1) is 23.3. The predicted molar refractivity (Wildman–Crippen MR) is 130 cm³/mol. The van der Waals surface area contributed by atoms with Crippen LogP contribution in [0.5, 0.6) is 0 Å². The molecule has 1 aromatic heterocycles. The van der Waals surface area contributed by atoms with Gasteiger partial charge in [0.25, 0.3) is 0 Å². The number of halogens is 1. The molecule has 0 aliphatic carbocycles. The van der Waals surface area contributed by atoms with Gasteiger partial charge in [0.2, 0.25) is 5.91 Å². The zero-order valence-electron chi connectivity index (χ0n) is 18.9. The van der Waals surface area contributed by atoms with Gasteiger partial charge < -0.3 is 5.32 Å². The van der Waals surface area contributed by atoms with Crippen molar-refractivity contribution in [3.63, 3.8) is 0 Å². The van der Waals surface area contributed by atoms with Crippen LogP contribution in [0.1, 0.15) is 48.3 Å². The van der Waals surface area contributed by atoms with Gasteiger partial charge in [0.1, 0.15) is 5.82 Å². The lowest BCUT2D eigenvalue weighted by atomic mass is 9.84. The van der Waals surface area contributed by atoms with Gasteiger partial charge in [-0.3, -0.25) is 14.5 Å². The fraction of sp³-hybridized carbons (Fsp3) is 0.346. The fourth-order valence-corrected chi connectivity index (χ4v) is 4.98. The van der Waals surface area contributed by atoms with Crippen LogP contribution in [0, 0.1) is 11.2 Å².